The summed E-state index contributed by atoms with van der Waals surface area (Å²) in [4.78, 5) is 44.0. The average Bonchev–Trinajstić information content (AvgIpc) is 3.61. The highest BCUT2D eigenvalue weighted by Crippen LogP contribution is 2.35. The fraction of sp³-hybridized carbons (Fsp3) is 0.118. The number of carboxylic acids is 1. The van der Waals surface area contributed by atoms with Crippen LogP contribution in [0, 0.1) is 12.7 Å². The third-order valence-corrected chi connectivity index (χ3v) is 8.18. The van der Waals surface area contributed by atoms with Crippen molar-refractivity contribution < 1.29 is 28.2 Å². The Morgan fingerprint density at radius 2 is 1.82 bits per heavy atom. The third kappa shape index (κ3) is 5.31. The number of nitrogens with zero attached hydrogens (tertiary/aromatic N) is 2. The second kappa shape index (κ2) is 11.7. The number of carbonyl (C=O) groups excluding carboxylic acids is 1. The Kier molecular flexibility index (Phi) is 7.67. The Balaban J connectivity index is 1.52. The number of rotatable bonds is 7. The summed E-state index contributed by atoms with van der Waals surface area (Å²) in [6, 6.07) is 22.1. The number of thiazole rings is 1. The molecule has 1 aliphatic heterocycles. The molecule has 0 aliphatic carbocycles. The molecule has 0 bridgehead atoms. The first-order valence-electron chi connectivity index (χ1n) is 13.7. The van der Waals surface area contributed by atoms with Gasteiger partial charge in [-0.15, -0.1) is 0 Å². The van der Waals surface area contributed by atoms with Crippen LogP contribution in [-0.4, -0.2) is 28.2 Å². The van der Waals surface area contributed by atoms with Crippen molar-refractivity contribution in [1.29, 1.82) is 0 Å². The van der Waals surface area contributed by atoms with E-state index in [0.717, 1.165) is 22.5 Å². The fourth-order valence-electron chi connectivity index (χ4n) is 5.18. The molecular formula is C34H25FN2O6S. The molecule has 0 saturated heterocycles. The number of furan rings is 1. The number of hydrogen-bond donors (Lipinski definition) is 1. The smallest absolute Gasteiger partial charge is 0.338 e. The van der Waals surface area contributed by atoms with Gasteiger partial charge in [-0.05, 0) is 61.4 Å². The zero-order valence-corrected chi connectivity index (χ0v) is 24.4. The third-order valence-electron chi connectivity index (χ3n) is 7.20. The summed E-state index contributed by atoms with van der Waals surface area (Å²) in [5.41, 5.74) is 2.94. The molecule has 0 unspecified atom stereocenters. The molecule has 6 rings (SSSR count). The maximum absolute atomic E-state index is 14.0. The van der Waals surface area contributed by atoms with Crippen LogP contribution in [-0.2, 0) is 9.53 Å². The van der Waals surface area contributed by atoms with E-state index in [2.05, 4.69) is 0 Å². The van der Waals surface area contributed by atoms with Gasteiger partial charge in [0, 0.05) is 17.2 Å². The average molecular weight is 609 g/mol. The van der Waals surface area contributed by atoms with Crippen molar-refractivity contribution >= 4 is 35.0 Å². The molecule has 0 amide bonds. The minimum absolute atomic E-state index is 0.115. The lowest BCUT2D eigenvalue weighted by atomic mass is 9.93. The highest BCUT2D eigenvalue weighted by molar-refractivity contribution is 7.07. The minimum atomic E-state index is -1.02. The van der Waals surface area contributed by atoms with Gasteiger partial charge in [0.05, 0.1) is 34.0 Å². The van der Waals surface area contributed by atoms with Crippen molar-refractivity contribution in [3.63, 3.8) is 0 Å². The van der Waals surface area contributed by atoms with Crippen LogP contribution >= 0.6 is 11.3 Å². The topological polar surface area (TPSA) is 111 Å². The van der Waals surface area contributed by atoms with E-state index in [9.17, 15) is 23.9 Å². The van der Waals surface area contributed by atoms with Crippen molar-refractivity contribution in [2.75, 3.05) is 6.61 Å². The molecule has 1 aliphatic rings. The van der Waals surface area contributed by atoms with Crippen molar-refractivity contribution in [1.82, 2.24) is 4.57 Å². The molecule has 1 atom stereocenters. The van der Waals surface area contributed by atoms with Crippen LogP contribution in [0.1, 0.15) is 45.8 Å². The number of halogens is 1. The van der Waals surface area contributed by atoms with Crippen LogP contribution in [0.4, 0.5) is 4.39 Å². The van der Waals surface area contributed by atoms with Gasteiger partial charge in [0.25, 0.3) is 5.56 Å². The van der Waals surface area contributed by atoms with Gasteiger partial charge in [0.1, 0.15) is 17.3 Å². The maximum atomic E-state index is 14.0. The van der Waals surface area contributed by atoms with Gasteiger partial charge in [-0.3, -0.25) is 9.36 Å². The number of ether oxygens (including phenoxy) is 1. The Bertz CT molecular complexity index is 2120. The van der Waals surface area contributed by atoms with E-state index in [-0.39, 0.29) is 17.7 Å². The lowest BCUT2D eigenvalue weighted by Gasteiger charge is -2.25. The summed E-state index contributed by atoms with van der Waals surface area (Å²) in [6.07, 6.45) is 1.60. The first-order chi connectivity index (χ1) is 21.2. The van der Waals surface area contributed by atoms with Gasteiger partial charge in [-0.2, -0.15) is 0 Å². The lowest BCUT2D eigenvalue weighted by molar-refractivity contribution is -0.138. The zero-order chi connectivity index (χ0) is 31.0. The number of fused-ring (bicyclic) bond motifs is 1. The molecule has 3 heterocycles. The first kappa shape index (κ1) is 28.8. The molecule has 0 fully saturated rings. The van der Waals surface area contributed by atoms with Crippen LogP contribution in [0.2, 0.25) is 0 Å². The molecule has 8 nitrogen and oxygen atoms in total. The van der Waals surface area contributed by atoms with E-state index >= 15 is 0 Å². The number of carboxylic acid groups (broad SMARTS) is 1. The Morgan fingerprint density at radius 1 is 1.07 bits per heavy atom. The van der Waals surface area contributed by atoms with Crippen molar-refractivity contribution in [3.05, 3.63) is 144 Å². The van der Waals surface area contributed by atoms with Crippen molar-refractivity contribution in [3.8, 4) is 11.3 Å². The van der Waals surface area contributed by atoms with Crippen molar-refractivity contribution in [2.24, 2.45) is 4.99 Å². The van der Waals surface area contributed by atoms with E-state index in [1.165, 1.54) is 22.8 Å². The second-order valence-corrected chi connectivity index (χ2v) is 11.0. The summed E-state index contributed by atoms with van der Waals surface area (Å²) in [7, 11) is 0. The van der Waals surface area contributed by atoms with Crippen molar-refractivity contribution in [2.45, 2.75) is 19.9 Å². The van der Waals surface area contributed by atoms with Crippen LogP contribution < -0.4 is 14.9 Å². The zero-order valence-electron chi connectivity index (χ0n) is 23.6. The van der Waals surface area contributed by atoms with E-state index in [0.29, 0.717) is 37.7 Å². The minimum Gasteiger partial charge on any atom is -0.478 e. The summed E-state index contributed by atoms with van der Waals surface area (Å²) < 4.78 is 27.2. The predicted octanol–water partition coefficient (Wildman–Crippen LogP) is 5.34. The second-order valence-electron chi connectivity index (χ2n) is 10.0. The quantitative estimate of drug-likeness (QED) is 0.250. The highest BCUT2D eigenvalue weighted by atomic mass is 32.1. The number of benzene rings is 3. The Hall–Kier alpha value is -5.35. The van der Waals surface area contributed by atoms with E-state index in [1.54, 1.807) is 56.3 Å². The van der Waals surface area contributed by atoms with Gasteiger partial charge in [-0.25, -0.2) is 19.0 Å². The molecular weight excluding hydrogens is 583 g/mol. The SMILES string of the molecule is CCOC(=O)C1=C(c2ccccc2)N=c2s/c(=C\c3ccc(-c4ccc(C(=O)O)cc4C)o3)c(=O)n2[C@@H]1c1ccc(F)cc1. The normalized spacial score (nSPS) is 14.7. The summed E-state index contributed by atoms with van der Waals surface area (Å²) in [6.45, 7) is 3.61. The molecule has 1 N–H and O–H groups in total. The molecule has 0 saturated carbocycles. The molecule has 0 spiro atoms. The number of aromatic carboxylic acids is 1. The standard InChI is InChI=1S/C34H25FN2O6S/c1-3-42-33(41)28-29(20-7-5-4-6-8-20)36-34-37(30(28)21-9-12-23(35)13-10-21)31(38)27(44-34)18-24-14-16-26(43-24)25-15-11-22(32(39)40)17-19(25)2/h4-18,30H,3H2,1-2H3,(H,39,40)/b27-18-/t30-/m1/s1. The largest absolute Gasteiger partial charge is 0.478 e. The van der Waals surface area contributed by atoms with Gasteiger partial charge in [0.2, 0.25) is 0 Å². The maximum Gasteiger partial charge on any atom is 0.338 e. The molecule has 0 radical (unpaired) electrons. The summed E-state index contributed by atoms with van der Waals surface area (Å²) in [5, 5.41) is 9.28. The molecule has 44 heavy (non-hydrogen) atoms. The summed E-state index contributed by atoms with van der Waals surface area (Å²) in [5.74, 6) is -1.18. The van der Waals surface area contributed by atoms with Crippen LogP contribution in [0.5, 0.6) is 0 Å². The lowest BCUT2D eigenvalue weighted by Crippen LogP contribution is -2.40. The highest BCUT2D eigenvalue weighted by Gasteiger charge is 2.35. The summed E-state index contributed by atoms with van der Waals surface area (Å²) >= 11 is 1.14. The van der Waals surface area contributed by atoms with E-state index in [4.69, 9.17) is 14.1 Å². The number of aromatic nitrogens is 1. The van der Waals surface area contributed by atoms with Crippen LogP contribution in [0.3, 0.4) is 0 Å². The molecule has 220 valence electrons. The molecule has 2 aromatic heterocycles. The number of aryl methyl sites for hydroxylation is 1. The Labute approximate surface area is 254 Å². The first-order valence-corrected chi connectivity index (χ1v) is 14.5. The molecule has 5 aromatic rings. The van der Waals surface area contributed by atoms with E-state index in [1.807, 2.05) is 30.3 Å². The monoisotopic (exact) mass is 608 g/mol. The number of esters is 1. The number of hydrogen-bond acceptors (Lipinski definition) is 7. The molecule has 3 aromatic carbocycles. The molecule has 10 heteroatoms. The Morgan fingerprint density at radius 3 is 2.50 bits per heavy atom. The van der Waals surface area contributed by atoms with E-state index < -0.39 is 29.4 Å². The van der Waals surface area contributed by atoms with Crippen LogP contribution in [0.25, 0.3) is 23.1 Å². The van der Waals surface area contributed by atoms with Gasteiger partial charge in [-0.1, -0.05) is 59.9 Å². The van der Waals surface area contributed by atoms with Gasteiger partial charge < -0.3 is 14.3 Å². The predicted molar refractivity (Wildman–Crippen MR) is 163 cm³/mol. The fourth-order valence-corrected chi connectivity index (χ4v) is 6.16. The van der Waals surface area contributed by atoms with Crippen LogP contribution in [0.15, 0.2) is 105 Å². The number of carbonyl (C=O) groups is 2. The van der Waals surface area contributed by atoms with Gasteiger partial charge >= 0.3 is 11.9 Å². The van der Waals surface area contributed by atoms with Gasteiger partial charge in [0.15, 0.2) is 4.80 Å².